The van der Waals surface area contributed by atoms with Crippen molar-refractivity contribution >= 4 is 11.6 Å². The Hall–Kier alpha value is -1.61. The third-order valence-electron chi connectivity index (χ3n) is 4.42. The molecule has 4 heteroatoms. The minimum Gasteiger partial charge on any atom is -0.479 e. The van der Waals surface area contributed by atoms with Crippen LogP contribution < -0.4 is 4.74 Å². The summed E-state index contributed by atoms with van der Waals surface area (Å²) in [6.45, 7) is 2.15. The van der Waals surface area contributed by atoms with Gasteiger partial charge in [0.25, 0.3) is 5.92 Å². The number of fused-ring (bicyclic) bond motifs is 1. The summed E-state index contributed by atoms with van der Waals surface area (Å²) in [4.78, 5) is 0. The largest absolute Gasteiger partial charge is 0.479 e. The molecule has 0 amide bonds. The number of hydrogen-bond donors (Lipinski definition) is 0. The van der Waals surface area contributed by atoms with Crippen molar-refractivity contribution in [2.75, 3.05) is 0 Å². The van der Waals surface area contributed by atoms with Crippen LogP contribution in [0.15, 0.2) is 42.5 Å². The molecule has 128 valence electrons. The van der Waals surface area contributed by atoms with Crippen molar-refractivity contribution < 1.29 is 13.5 Å². The highest BCUT2D eigenvalue weighted by Crippen LogP contribution is 2.44. The summed E-state index contributed by atoms with van der Waals surface area (Å²) in [6.07, 6.45) is 2.75. The Labute approximate surface area is 146 Å². The Bertz CT molecular complexity index is 697. The molecule has 0 fully saturated rings. The van der Waals surface area contributed by atoms with Crippen molar-refractivity contribution in [2.45, 2.75) is 51.1 Å². The fourth-order valence-electron chi connectivity index (χ4n) is 3.13. The van der Waals surface area contributed by atoms with Crippen molar-refractivity contribution in [1.82, 2.24) is 0 Å². The maximum Gasteiger partial charge on any atom is 0.292 e. The van der Waals surface area contributed by atoms with Gasteiger partial charge in [-0.25, -0.2) is 8.78 Å². The molecule has 1 heterocycles. The van der Waals surface area contributed by atoms with E-state index in [4.69, 9.17) is 16.3 Å². The van der Waals surface area contributed by atoms with Crippen LogP contribution in [0.1, 0.15) is 49.0 Å². The number of benzene rings is 2. The third-order valence-corrected chi connectivity index (χ3v) is 4.67. The fourth-order valence-corrected chi connectivity index (χ4v) is 3.26. The third kappa shape index (κ3) is 3.72. The summed E-state index contributed by atoms with van der Waals surface area (Å²) in [5.41, 5.74) is 2.15. The maximum absolute atomic E-state index is 14.6. The van der Waals surface area contributed by atoms with E-state index in [0.717, 1.165) is 31.2 Å². The van der Waals surface area contributed by atoms with Crippen LogP contribution in [0.2, 0.25) is 5.02 Å². The summed E-state index contributed by atoms with van der Waals surface area (Å²) in [7, 11) is 0. The van der Waals surface area contributed by atoms with Crippen molar-refractivity contribution in [1.29, 1.82) is 0 Å². The highest BCUT2D eigenvalue weighted by Gasteiger charge is 2.46. The van der Waals surface area contributed by atoms with Gasteiger partial charge in [0.2, 0.25) is 0 Å². The van der Waals surface area contributed by atoms with Gasteiger partial charge in [0.05, 0.1) is 0 Å². The zero-order valence-corrected chi connectivity index (χ0v) is 14.5. The second-order valence-corrected chi connectivity index (χ2v) is 6.82. The predicted octanol–water partition coefficient (Wildman–Crippen LogP) is 6.38. The second-order valence-electron chi connectivity index (χ2n) is 6.39. The van der Waals surface area contributed by atoms with Crippen LogP contribution in [0.3, 0.4) is 0 Å². The molecule has 2 aromatic carbocycles. The average molecular weight is 351 g/mol. The predicted molar refractivity (Wildman–Crippen MR) is 93.1 cm³/mol. The summed E-state index contributed by atoms with van der Waals surface area (Å²) >= 11 is 5.84. The Balaban J connectivity index is 1.83. The highest BCUT2D eigenvalue weighted by atomic mass is 35.5. The number of rotatable bonds is 5. The van der Waals surface area contributed by atoms with E-state index in [2.05, 4.69) is 6.92 Å². The molecule has 0 saturated heterocycles. The van der Waals surface area contributed by atoms with Crippen molar-refractivity contribution in [3.8, 4) is 5.75 Å². The summed E-state index contributed by atoms with van der Waals surface area (Å²) in [5, 5.41) is 0.523. The molecular weight excluding hydrogens is 330 g/mol. The van der Waals surface area contributed by atoms with Gasteiger partial charge >= 0.3 is 0 Å². The summed E-state index contributed by atoms with van der Waals surface area (Å²) < 4.78 is 34.9. The van der Waals surface area contributed by atoms with Crippen LogP contribution in [-0.4, -0.2) is 5.92 Å². The molecule has 3 rings (SSSR count). The van der Waals surface area contributed by atoms with Gasteiger partial charge in [-0.15, -0.1) is 0 Å². The molecule has 0 spiro atoms. The minimum absolute atomic E-state index is 0.294. The molecule has 1 atom stereocenters. The Morgan fingerprint density at radius 1 is 1.12 bits per heavy atom. The number of alkyl halides is 2. The molecule has 24 heavy (non-hydrogen) atoms. The van der Waals surface area contributed by atoms with E-state index in [9.17, 15) is 8.78 Å². The van der Waals surface area contributed by atoms with Crippen LogP contribution in [-0.2, 0) is 12.8 Å². The lowest BCUT2D eigenvalue weighted by Crippen LogP contribution is -2.36. The van der Waals surface area contributed by atoms with Gasteiger partial charge < -0.3 is 4.74 Å². The number of halogens is 3. The summed E-state index contributed by atoms with van der Waals surface area (Å²) in [5.74, 6) is -2.39. The topological polar surface area (TPSA) is 9.23 Å². The van der Waals surface area contributed by atoms with Gasteiger partial charge in [0, 0.05) is 17.0 Å². The standard InChI is InChI=1S/C20H21ClF2O/c1-2-3-4-5-14-6-11-18-16(12-14)13-20(22,23)19(24-18)15-7-9-17(21)10-8-15/h6-12,19H,2-5,13H2,1H3. The first-order valence-electron chi connectivity index (χ1n) is 8.41. The van der Waals surface area contributed by atoms with E-state index in [1.165, 1.54) is 0 Å². The highest BCUT2D eigenvalue weighted by molar-refractivity contribution is 6.30. The molecule has 1 aliphatic rings. The van der Waals surface area contributed by atoms with E-state index in [1.807, 2.05) is 18.2 Å². The van der Waals surface area contributed by atoms with Gasteiger partial charge in [0.15, 0.2) is 6.10 Å². The Morgan fingerprint density at radius 3 is 2.58 bits per heavy atom. The van der Waals surface area contributed by atoms with Gasteiger partial charge in [-0.1, -0.05) is 55.6 Å². The van der Waals surface area contributed by atoms with Crippen LogP contribution in [0.5, 0.6) is 5.75 Å². The SMILES string of the molecule is CCCCCc1ccc2c(c1)CC(F)(F)C(c1ccc(Cl)cc1)O2. The van der Waals surface area contributed by atoms with Crippen LogP contribution >= 0.6 is 11.6 Å². The molecule has 0 aromatic heterocycles. The smallest absolute Gasteiger partial charge is 0.292 e. The first-order chi connectivity index (χ1) is 11.5. The normalized spacial score (nSPS) is 18.8. The number of aryl methyl sites for hydroxylation is 1. The molecule has 0 bridgehead atoms. The van der Waals surface area contributed by atoms with Crippen molar-refractivity contribution in [3.63, 3.8) is 0 Å². The molecule has 0 aliphatic carbocycles. The first kappa shape index (κ1) is 17.2. The molecular formula is C20H21ClF2O. The minimum atomic E-state index is -2.94. The van der Waals surface area contributed by atoms with Crippen molar-refractivity contribution in [3.05, 3.63) is 64.2 Å². The number of ether oxygens (including phenoxy) is 1. The van der Waals surface area contributed by atoms with Gasteiger partial charge in [-0.05, 0) is 42.2 Å². The lowest BCUT2D eigenvalue weighted by atomic mass is 9.92. The van der Waals surface area contributed by atoms with E-state index >= 15 is 0 Å². The van der Waals surface area contributed by atoms with E-state index in [0.29, 0.717) is 21.9 Å². The van der Waals surface area contributed by atoms with Crippen LogP contribution in [0.4, 0.5) is 8.78 Å². The van der Waals surface area contributed by atoms with E-state index < -0.39 is 12.0 Å². The van der Waals surface area contributed by atoms with E-state index in [-0.39, 0.29) is 6.42 Å². The zero-order valence-electron chi connectivity index (χ0n) is 13.7. The maximum atomic E-state index is 14.6. The molecule has 2 aromatic rings. The monoisotopic (exact) mass is 350 g/mol. The first-order valence-corrected chi connectivity index (χ1v) is 8.79. The number of hydrogen-bond acceptors (Lipinski definition) is 1. The molecule has 1 unspecified atom stereocenters. The quantitative estimate of drug-likeness (QED) is 0.568. The van der Waals surface area contributed by atoms with Crippen molar-refractivity contribution in [2.24, 2.45) is 0 Å². The molecule has 0 N–H and O–H groups in total. The number of unbranched alkanes of at least 4 members (excludes halogenated alkanes) is 2. The second kappa shape index (κ2) is 7.10. The zero-order chi connectivity index (χ0) is 17.2. The summed E-state index contributed by atoms with van der Waals surface area (Å²) in [6, 6.07) is 12.1. The average Bonchev–Trinajstić information content (AvgIpc) is 2.54. The fraction of sp³-hybridized carbons (Fsp3) is 0.400. The Kier molecular flexibility index (Phi) is 5.09. The van der Waals surface area contributed by atoms with Gasteiger partial charge in [-0.2, -0.15) is 0 Å². The molecule has 1 nitrogen and oxygen atoms in total. The Morgan fingerprint density at radius 2 is 1.88 bits per heavy atom. The lowest BCUT2D eigenvalue weighted by Gasteiger charge is -2.34. The van der Waals surface area contributed by atoms with Gasteiger partial charge in [-0.3, -0.25) is 0 Å². The van der Waals surface area contributed by atoms with Gasteiger partial charge in [0.1, 0.15) is 5.75 Å². The molecule has 0 saturated carbocycles. The lowest BCUT2D eigenvalue weighted by molar-refractivity contribution is -0.109. The molecule has 0 radical (unpaired) electrons. The van der Waals surface area contributed by atoms with Crippen LogP contribution in [0.25, 0.3) is 0 Å². The van der Waals surface area contributed by atoms with E-state index in [1.54, 1.807) is 24.3 Å². The van der Waals surface area contributed by atoms with Crippen LogP contribution in [0, 0.1) is 0 Å². The molecule has 1 aliphatic heterocycles.